The normalized spacial score (nSPS) is 18.8. The Balaban J connectivity index is 1.68. The van der Waals surface area contributed by atoms with Crippen molar-refractivity contribution in [2.75, 3.05) is 20.6 Å². The molecule has 2 aromatic rings. The molecule has 134 valence electrons. The second-order valence-electron chi connectivity index (χ2n) is 7.12. The molecule has 25 heavy (non-hydrogen) atoms. The number of amides is 1. The molecule has 1 aliphatic rings. The van der Waals surface area contributed by atoms with Crippen molar-refractivity contribution in [3.05, 3.63) is 47.8 Å². The van der Waals surface area contributed by atoms with Crippen molar-refractivity contribution >= 4 is 5.91 Å². The van der Waals surface area contributed by atoms with E-state index in [4.69, 9.17) is 0 Å². The van der Waals surface area contributed by atoms with Crippen LogP contribution < -0.4 is 0 Å². The molecule has 1 aromatic heterocycles. The number of likely N-dealkylation sites (tertiary alicyclic amines) is 1. The van der Waals surface area contributed by atoms with E-state index < -0.39 is 0 Å². The highest BCUT2D eigenvalue weighted by Gasteiger charge is 2.27. The predicted molar refractivity (Wildman–Crippen MR) is 99.7 cm³/mol. The van der Waals surface area contributed by atoms with Crippen molar-refractivity contribution in [1.29, 1.82) is 0 Å². The van der Waals surface area contributed by atoms with Gasteiger partial charge in [-0.3, -0.25) is 9.69 Å². The quantitative estimate of drug-likeness (QED) is 0.859. The van der Waals surface area contributed by atoms with Crippen molar-refractivity contribution < 1.29 is 4.79 Å². The summed E-state index contributed by atoms with van der Waals surface area (Å²) in [5.74, 6) is 0.216. The first-order chi connectivity index (χ1) is 12.1. The van der Waals surface area contributed by atoms with Gasteiger partial charge in [0.2, 0.25) is 5.91 Å². The van der Waals surface area contributed by atoms with Crippen LogP contribution in [-0.4, -0.2) is 52.2 Å². The summed E-state index contributed by atoms with van der Waals surface area (Å²) >= 11 is 0. The minimum absolute atomic E-state index is 0.0129. The van der Waals surface area contributed by atoms with Crippen LogP contribution in [0.3, 0.4) is 0 Å². The molecule has 0 N–H and O–H groups in total. The SMILES string of the molecule is Cc1ccccc1-n1cc(CN(C)C(=O)C2CCCCCN2C)cn1. The van der Waals surface area contributed by atoms with E-state index in [9.17, 15) is 4.79 Å². The first-order valence-electron chi connectivity index (χ1n) is 9.11. The first kappa shape index (κ1) is 17.7. The van der Waals surface area contributed by atoms with Crippen LogP contribution in [0.1, 0.15) is 36.8 Å². The zero-order valence-corrected chi connectivity index (χ0v) is 15.5. The Morgan fingerprint density at radius 2 is 2.08 bits per heavy atom. The van der Waals surface area contributed by atoms with Gasteiger partial charge in [-0.05, 0) is 45.0 Å². The zero-order valence-electron chi connectivity index (χ0n) is 15.5. The highest BCUT2D eigenvalue weighted by molar-refractivity contribution is 5.81. The molecule has 1 amide bonds. The van der Waals surface area contributed by atoms with E-state index in [-0.39, 0.29) is 11.9 Å². The minimum Gasteiger partial charge on any atom is -0.340 e. The number of carbonyl (C=O) groups excluding carboxylic acids is 1. The van der Waals surface area contributed by atoms with Gasteiger partial charge < -0.3 is 4.90 Å². The maximum atomic E-state index is 12.9. The van der Waals surface area contributed by atoms with Crippen LogP contribution in [-0.2, 0) is 11.3 Å². The summed E-state index contributed by atoms with van der Waals surface area (Å²) < 4.78 is 1.89. The number of hydrogen-bond donors (Lipinski definition) is 0. The summed E-state index contributed by atoms with van der Waals surface area (Å²) in [6.07, 6.45) is 8.38. The summed E-state index contributed by atoms with van der Waals surface area (Å²) in [6, 6.07) is 8.19. The third kappa shape index (κ3) is 4.10. The molecule has 0 radical (unpaired) electrons. The minimum atomic E-state index is 0.0129. The average Bonchev–Trinajstić information content (AvgIpc) is 2.95. The fourth-order valence-corrected chi connectivity index (χ4v) is 3.56. The predicted octanol–water partition coefficient (Wildman–Crippen LogP) is 3.01. The number of carbonyl (C=O) groups is 1. The summed E-state index contributed by atoms with van der Waals surface area (Å²) in [6.45, 7) is 3.68. The van der Waals surface area contributed by atoms with E-state index in [0.29, 0.717) is 6.54 Å². The van der Waals surface area contributed by atoms with Crippen molar-refractivity contribution in [3.8, 4) is 5.69 Å². The molecule has 2 heterocycles. The van der Waals surface area contributed by atoms with Gasteiger partial charge in [-0.25, -0.2) is 4.68 Å². The lowest BCUT2D eigenvalue weighted by molar-refractivity contribution is -0.135. The number of aromatic nitrogens is 2. The Hall–Kier alpha value is -2.14. The topological polar surface area (TPSA) is 41.4 Å². The molecule has 1 aliphatic heterocycles. The van der Waals surface area contributed by atoms with Gasteiger partial charge in [0, 0.05) is 25.4 Å². The Morgan fingerprint density at radius 3 is 2.88 bits per heavy atom. The summed E-state index contributed by atoms with van der Waals surface area (Å²) in [4.78, 5) is 16.9. The molecule has 1 fully saturated rings. The van der Waals surface area contributed by atoms with Crippen molar-refractivity contribution in [2.24, 2.45) is 0 Å². The van der Waals surface area contributed by atoms with Crippen LogP contribution in [0.4, 0.5) is 0 Å². The maximum Gasteiger partial charge on any atom is 0.239 e. The van der Waals surface area contributed by atoms with E-state index in [0.717, 1.165) is 30.6 Å². The number of rotatable bonds is 4. The van der Waals surface area contributed by atoms with Gasteiger partial charge in [-0.15, -0.1) is 0 Å². The fourth-order valence-electron chi connectivity index (χ4n) is 3.56. The number of benzene rings is 1. The molecule has 1 aromatic carbocycles. The van der Waals surface area contributed by atoms with Gasteiger partial charge in [-0.2, -0.15) is 5.10 Å². The molecule has 0 saturated carbocycles. The standard InChI is InChI=1S/C20H28N4O/c1-16-9-6-7-10-18(16)24-15-17(13-21-24)14-23(3)20(25)19-11-5-4-8-12-22(19)2/h6-7,9-10,13,15,19H,4-5,8,11-12,14H2,1-3H3. The summed E-state index contributed by atoms with van der Waals surface area (Å²) in [5, 5.41) is 4.47. The molecular formula is C20H28N4O. The summed E-state index contributed by atoms with van der Waals surface area (Å²) in [7, 11) is 3.96. The Morgan fingerprint density at radius 1 is 1.28 bits per heavy atom. The largest absolute Gasteiger partial charge is 0.340 e. The Kier molecular flexibility index (Phi) is 5.53. The van der Waals surface area contributed by atoms with Crippen molar-refractivity contribution in [3.63, 3.8) is 0 Å². The van der Waals surface area contributed by atoms with Gasteiger partial charge >= 0.3 is 0 Å². The fraction of sp³-hybridized carbons (Fsp3) is 0.500. The van der Waals surface area contributed by atoms with Gasteiger partial charge in [0.25, 0.3) is 0 Å². The van der Waals surface area contributed by atoms with E-state index in [2.05, 4.69) is 36.1 Å². The molecule has 5 heteroatoms. The highest BCUT2D eigenvalue weighted by atomic mass is 16.2. The summed E-state index contributed by atoms with van der Waals surface area (Å²) in [5.41, 5.74) is 3.31. The average molecular weight is 340 g/mol. The lowest BCUT2D eigenvalue weighted by atomic mass is 10.1. The van der Waals surface area contributed by atoms with E-state index in [1.165, 1.54) is 18.4 Å². The van der Waals surface area contributed by atoms with Crippen LogP contribution in [0.2, 0.25) is 0 Å². The smallest absolute Gasteiger partial charge is 0.239 e. The number of hydrogen-bond acceptors (Lipinski definition) is 3. The maximum absolute atomic E-state index is 12.9. The first-order valence-corrected chi connectivity index (χ1v) is 9.11. The van der Waals surface area contributed by atoms with Crippen molar-refractivity contribution in [2.45, 2.75) is 45.2 Å². The molecule has 0 spiro atoms. The van der Waals surface area contributed by atoms with Gasteiger partial charge in [0.15, 0.2) is 0 Å². The second kappa shape index (κ2) is 7.83. The second-order valence-corrected chi connectivity index (χ2v) is 7.12. The number of para-hydroxylation sites is 1. The molecule has 1 saturated heterocycles. The molecule has 5 nitrogen and oxygen atoms in total. The molecule has 3 rings (SSSR count). The van der Waals surface area contributed by atoms with Gasteiger partial charge in [0.05, 0.1) is 17.9 Å². The van der Waals surface area contributed by atoms with Crippen LogP contribution in [0.5, 0.6) is 0 Å². The van der Waals surface area contributed by atoms with Crippen LogP contribution >= 0.6 is 0 Å². The third-order valence-corrected chi connectivity index (χ3v) is 5.10. The Bertz CT molecular complexity index is 724. The molecule has 0 aliphatic carbocycles. The molecule has 0 bridgehead atoms. The third-order valence-electron chi connectivity index (χ3n) is 5.10. The lowest BCUT2D eigenvalue weighted by Crippen LogP contribution is -2.45. The monoisotopic (exact) mass is 340 g/mol. The van der Waals surface area contributed by atoms with Crippen LogP contribution in [0.15, 0.2) is 36.7 Å². The Labute approximate surface area is 150 Å². The highest BCUT2D eigenvalue weighted by Crippen LogP contribution is 2.18. The molecular weight excluding hydrogens is 312 g/mol. The molecule has 1 atom stereocenters. The van der Waals surface area contributed by atoms with E-state index in [1.54, 1.807) is 0 Å². The number of likely N-dealkylation sites (N-methyl/N-ethyl adjacent to an activating group) is 2. The molecule has 1 unspecified atom stereocenters. The number of nitrogens with zero attached hydrogens (tertiary/aromatic N) is 4. The van der Waals surface area contributed by atoms with E-state index >= 15 is 0 Å². The number of aryl methyl sites for hydroxylation is 1. The zero-order chi connectivity index (χ0) is 17.8. The lowest BCUT2D eigenvalue weighted by Gasteiger charge is -2.28. The van der Waals surface area contributed by atoms with Crippen LogP contribution in [0.25, 0.3) is 5.69 Å². The van der Waals surface area contributed by atoms with Gasteiger partial charge in [0.1, 0.15) is 0 Å². The van der Waals surface area contributed by atoms with E-state index in [1.807, 2.05) is 41.2 Å². The van der Waals surface area contributed by atoms with Crippen LogP contribution in [0, 0.1) is 6.92 Å². The van der Waals surface area contributed by atoms with Gasteiger partial charge in [-0.1, -0.05) is 31.0 Å². The van der Waals surface area contributed by atoms with Crippen molar-refractivity contribution in [1.82, 2.24) is 19.6 Å².